The maximum atomic E-state index is 10.8. The number of para-hydroxylation sites is 1. The number of sulfone groups is 1. The van der Waals surface area contributed by atoms with Gasteiger partial charge in [-0.1, -0.05) is 23.7 Å². The first-order valence-corrected chi connectivity index (χ1v) is 6.89. The van der Waals surface area contributed by atoms with Gasteiger partial charge >= 0.3 is 0 Å². The molecule has 0 saturated carbocycles. The molecule has 0 saturated heterocycles. The molecule has 0 spiro atoms. The molecular formula is C10H12ClO3S. The Morgan fingerprint density at radius 1 is 1.53 bits per heavy atom. The van der Waals surface area contributed by atoms with Gasteiger partial charge in [-0.15, -0.1) is 0 Å². The van der Waals surface area contributed by atoms with Crippen molar-refractivity contribution in [1.29, 1.82) is 0 Å². The molecule has 5 heteroatoms. The Morgan fingerprint density at radius 2 is 2.27 bits per heavy atom. The Bertz CT molecular complexity index is 414. The molecule has 0 fully saturated rings. The van der Waals surface area contributed by atoms with Crippen molar-refractivity contribution in [2.45, 2.75) is 6.42 Å². The summed E-state index contributed by atoms with van der Waals surface area (Å²) in [6.07, 6.45) is 1.66. The zero-order chi connectivity index (χ0) is 11.3. The van der Waals surface area contributed by atoms with Crippen LogP contribution in [0, 0.1) is 6.07 Å². The Hall–Kier alpha value is -0.740. The van der Waals surface area contributed by atoms with Crippen LogP contribution in [-0.2, 0) is 9.84 Å². The van der Waals surface area contributed by atoms with Gasteiger partial charge in [-0.3, -0.25) is 0 Å². The highest BCUT2D eigenvalue weighted by Gasteiger charge is 2.03. The summed E-state index contributed by atoms with van der Waals surface area (Å²) in [6, 6.07) is 7.98. The Kier molecular flexibility index (Phi) is 4.42. The fourth-order valence-electron chi connectivity index (χ4n) is 1.01. The molecule has 0 N–H and O–H groups in total. The molecule has 3 nitrogen and oxygen atoms in total. The second kappa shape index (κ2) is 5.37. The van der Waals surface area contributed by atoms with Crippen LogP contribution in [0.1, 0.15) is 6.42 Å². The number of rotatable bonds is 5. The van der Waals surface area contributed by atoms with Crippen LogP contribution in [0.4, 0.5) is 0 Å². The highest BCUT2D eigenvalue weighted by Crippen LogP contribution is 2.22. The minimum absolute atomic E-state index is 0.122. The summed E-state index contributed by atoms with van der Waals surface area (Å²) in [7, 11) is -2.91. The lowest BCUT2D eigenvalue weighted by Gasteiger charge is -2.06. The van der Waals surface area contributed by atoms with E-state index in [9.17, 15) is 8.42 Å². The fraction of sp³-hybridized carbons (Fsp3) is 0.400. The highest BCUT2D eigenvalue weighted by molar-refractivity contribution is 7.90. The van der Waals surface area contributed by atoms with E-state index in [-0.39, 0.29) is 5.75 Å². The van der Waals surface area contributed by atoms with Gasteiger partial charge in [-0.05, 0) is 12.5 Å². The molecule has 15 heavy (non-hydrogen) atoms. The average molecular weight is 248 g/mol. The van der Waals surface area contributed by atoms with Gasteiger partial charge in [0, 0.05) is 12.3 Å². The second-order valence-electron chi connectivity index (χ2n) is 3.18. The number of hydrogen-bond acceptors (Lipinski definition) is 3. The van der Waals surface area contributed by atoms with Crippen molar-refractivity contribution < 1.29 is 13.2 Å². The smallest absolute Gasteiger partial charge is 0.147 e. The predicted molar refractivity (Wildman–Crippen MR) is 60.1 cm³/mol. The molecule has 0 amide bonds. The van der Waals surface area contributed by atoms with Crippen LogP contribution in [0.2, 0.25) is 5.02 Å². The van der Waals surface area contributed by atoms with Crippen LogP contribution in [-0.4, -0.2) is 27.0 Å². The van der Waals surface area contributed by atoms with Crippen LogP contribution >= 0.6 is 11.6 Å². The molecule has 1 rings (SSSR count). The van der Waals surface area contributed by atoms with Crippen LogP contribution < -0.4 is 4.74 Å². The van der Waals surface area contributed by atoms with Crippen LogP contribution in [0.5, 0.6) is 5.75 Å². The molecule has 0 aromatic heterocycles. The lowest BCUT2D eigenvalue weighted by molar-refractivity contribution is 0.317. The van der Waals surface area contributed by atoms with E-state index in [1.807, 2.05) is 0 Å². The van der Waals surface area contributed by atoms with Gasteiger partial charge in [-0.2, -0.15) is 0 Å². The van der Waals surface area contributed by atoms with E-state index in [2.05, 4.69) is 6.07 Å². The first-order chi connectivity index (χ1) is 6.99. The molecule has 0 bridgehead atoms. The van der Waals surface area contributed by atoms with Gasteiger partial charge in [-0.25, -0.2) is 8.42 Å². The van der Waals surface area contributed by atoms with E-state index in [1.165, 1.54) is 6.26 Å². The Labute approximate surface area is 94.9 Å². The number of halogens is 1. The monoisotopic (exact) mass is 247 g/mol. The summed E-state index contributed by atoms with van der Waals surface area (Å²) in [6.45, 7) is 0.327. The first-order valence-electron chi connectivity index (χ1n) is 4.46. The topological polar surface area (TPSA) is 43.4 Å². The van der Waals surface area contributed by atoms with Gasteiger partial charge in [0.1, 0.15) is 15.6 Å². The zero-order valence-corrected chi connectivity index (χ0v) is 9.94. The van der Waals surface area contributed by atoms with E-state index >= 15 is 0 Å². The quantitative estimate of drug-likeness (QED) is 0.747. The molecule has 0 aliphatic carbocycles. The molecule has 0 atom stereocenters. The number of ether oxygens (including phenoxy) is 1. The van der Waals surface area contributed by atoms with Crippen molar-refractivity contribution in [1.82, 2.24) is 0 Å². The van der Waals surface area contributed by atoms with Crippen molar-refractivity contribution in [2.75, 3.05) is 18.6 Å². The van der Waals surface area contributed by atoms with Gasteiger partial charge in [0.25, 0.3) is 0 Å². The summed E-state index contributed by atoms with van der Waals surface area (Å²) in [5, 5.41) is 0.483. The Balaban J connectivity index is 2.36. The molecule has 0 aliphatic rings. The summed E-state index contributed by atoms with van der Waals surface area (Å²) in [5.41, 5.74) is 0. The zero-order valence-electron chi connectivity index (χ0n) is 8.36. The van der Waals surface area contributed by atoms with Crippen LogP contribution in [0.3, 0.4) is 0 Å². The molecule has 1 aromatic carbocycles. The molecule has 0 unspecified atom stereocenters. The third-order valence-corrected chi connectivity index (χ3v) is 3.00. The summed E-state index contributed by atoms with van der Waals surface area (Å²) in [5.74, 6) is 0.588. The van der Waals surface area contributed by atoms with Gasteiger partial charge in [0.15, 0.2) is 0 Å². The highest BCUT2D eigenvalue weighted by atomic mass is 35.5. The van der Waals surface area contributed by atoms with Crippen molar-refractivity contribution in [3.05, 3.63) is 29.3 Å². The first kappa shape index (κ1) is 12.3. The van der Waals surface area contributed by atoms with Gasteiger partial charge in [0.05, 0.1) is 17.4 Å². The van der Waals surface area contributed by atoms with Gasteiger partial charge in [0.2, 0.25) is 0 Å². The van der Waals surface area contributed by atoms with Crippen molar-refractivity contribution in [2.24, 2.45) is 0 Å². The minimum atomic E-state index is -2.91. The lowest BCUT2D eigenvalue weighted by Crippen LogP contribution is -2.08. The molecule has 1 radical (unpaired) electrons. The van der Waals surface area contributed by atoms with E-state index < -0.39 is 9.84 Å². The largest absolute Gasteiger partial charge is 0.491 e. The maximum absolute atomic E-state index is 10.8. The molecule has 83 valence electrons. The lowest BCUT2D eigenvalue weighted by atomic mass is 10.3. The molecular weight excluding hydrogens is 236 g/mol. The number of hydrogen-bond donors (Lipinski definition) is 0. The van der Waals surface area contributed by atoms with E-state index in [4.69, 9.17) is 16.3 Å². The Morgan fingerprint density at radius 3 is 2.87 bits per heavy atom. The van der Waals surface area contributed by atoms with E-state index in [0.29, 0.717) is 23.8 Å². The van der Waals surface area contributed by atoms with E-state index in [1.54, 1.807) is 18.2 Å². The summed E-state index contributed by atoms with van der Waals surface area (Å²) < 4.78 is 26.9. The van der Waals surface area contributed by atoms with Crippen LogP contribution in [0.15, 0.2) is 18.2 Å². The maximum Gasteiger partial charge on any atom is 0.147 e. The summed E-state index contributed by atoms with van der Waals surface area (Å²) >= 11 is 5.82. The summed E-state index contributed by atoms with van der Waals surface area (Å²) in [4.78, 5) is 0. The van der Waals surface area contributed by atoms with Gasteiger partial charge < -0.3 is 4.74 Å². The molecule has 0 heterocycles. The molecule has 0 aliphatic heterocycles. The normalized spacial score (nSPS) is 11.3. The average Bonchev–Trinajstić information content (AvgIpc) is 2.13. The fourth-order valence-corrected chi connectivity index (χ4v) is 1.83. The second-order valence-corrected chi connectivity index (χ2v) is 5.85. The third kappa shape index (κ3) is 5.04. The van der Waals surface area contributed by atoms with E-state index in [0.717, 1.165) is 0 Å². The van der Waals surface area contributed by atoms with Crippen molar-refractivity contribution >= 4 is 21.4 Å². The predicted octanol–water partition coefficient (Wildman–Crippen LogP) is 1.95. The number of benzene rings is 1. The SMILES string of the molecule is CS(=O)(=O)CCCOc1[c]cccc1Cl. The third-order valence-electron chi connectivity index (χ3n) is 1.68. The van der Waals surface area contributed by atoms with Crippen molar-refractivity contribution in [3.8, 4) is 5.75 Å². The van der Waals surface area contributed by atoms with Crippen LogP contribution in [0.25, 0.3) is 0 Å². The standard InChI is InChI=1S/C10H12ClO3S/c1-15(12,13)8-4-7-14-10-6-3-2-5-9(10)11/h2-3,5H,4,7-8H2,1H3. The van der Waals surface area contributed by atoms with Crippen molar-refractivity contribution in [3.63, 3.8) is 0 Å². The minimum Gasteiger partial charge on any atom is -0.491 e. The molecule has 1 aromatic rings.